The van der Waals surface area contributed by atoms with Gasteiger partial charge in [-0.2, -0.15) is 26.3 Å². The largest absolute Gasteiger partial charge is 0.491 e. The molecule has 0 amide bonds. The van der Waals surface area contributed by atoms with Crippen molar-refractivity contribution in [3.63, 3.8) is 0 Å². The molecule has 0 radical (unpaired) electrons. The fourth-order valence-corrected chi connectivity index (χ4v) is 3.22. The Bertz CT molecular complexity index is 1090. The van der Waals surface area contributed by atoms with E-state index in [0.717, 1.165) is 11.1 Å². The first-order chi connectivity index (χ1) is 19.2. The summed E-state index contributed by atoms with van der Waals surface area (Å²) in [5.74, 6) is -6.40. The number of aliphatic hydroxyl groups is 2. The molecule has 41 heavy (non-hydrogen) atoms. The first-order valence-corrected chi connectivity index (χ1v) is 11.8. The van der Waals surface area contributed by atoms with Crippen LogP contribution in [0.4, 0.5) is 26.3 Å². The minimum Gasteiger partial charge on any atom is -0.390 e. The van der Waals surface area contributed by atoms with Gasteiger partial charge in [0.15, 0.2) is 12.6 Å². The zero-order valence-corrected chi connectivity index (χ0v) is 21.9. The third kappa shape index (κ3) is 10.9. The predicted octanol–water partition coefficient (Wildman–Crippen LogP) is 3.73. The number of carbonyl (C=O) groups is 2. The molecular weight excluding hydrogens is 621 g/mol. The van der Waals surface area contributed by atoms with E-state index in [2.05, 4.69) is 14.7 Å². The Hall–Kier alpha value is -2.64. The lowest BCUT2D eigenvalue weighted by atomic mass is 10.2. The molecule has 0 aliphatic carbocycles. The van der Waals surface area contributed by atoms with Crippen molar-refractivity contribution in [1.29, 1.82) is 0 Å². The van der Waals surface area contributed by atoms with Crippen LogP contribution >= 0.6 is 23.2 Å². The lowest BCUT2D eigenvalue weighted by molar-refractivity contribution is -0.221. The second kappa shape index (κ2) is 15.5. The molecule has 228 valence electrons. The van der Waals surface area contributed by atoms with Crippen LogP contribution in [0, 0.1) is 0 Å². The van der Waals surface area contributed by atoms with E-state index in [-0.39, 0.29) is 25.8 Å². The minimum atomic E-state index is -5.62. The van der Waals surface area contributed by atoms with Crippen LogP contribution in [0.25, 0.3) is 0 Å². The van der Waals surface area contributed by atoms with E-state index < -0.39 is 24.3 Å². The van der Waals surface area contributed by atoms with E-state index in [1.807, 2.05) is 0 Å². The van der Waals surface area contributed by atoms with Crippen LogP contribution in [0.5, 0.6) is 0 Å². The fraction of sp³-hybridized carbons (Fsp3) is 0.455. The van der Waals surface area contributed by atoms with Crippen LogP contribution < -0.4 is 0 Å². The summed E-state index contributed by atoms with van der Waals surface area (Å²) < 4.78 is 90.8. The number of nitrogens with zero attached hydrogens (tertiary/aromatic N) is 2. The molecule has 2 N–H and O–H groups in total. The monoisotopic (exact) mass is 640 g/mol. The van der Waals surface area contributed by atoms with Gasteiger partial charge >= 0.3 is 24.3 Å². The number of rotatable bonds is 4. The maximum atomic E-state index is 11.2. The number of aromatic nitrogens is 2. The molecule has 0 atom stereocenters. The van der Waals surface area contributed by atoms with E-state index in [1.54, 1.807) is 24.5 Å². The van der Waals surface area contributed by atoms with E-state index in [0.29, 0.717) is 47.9 Å². The summed E-state index contributed by atoms with van der Waals surface area (Å²) in [6, 6.07) is 3.41. The zero-order chi connectivity index (χ0) is 30.8. The average molecular weight is 641 g/mol. The van der Waals surface area contributed by atoms with E-state index >= 15 is 0 Å². The first kappa shape index (κ1) is 34.6. The maximum Gasteiger partial charge on any atom is 0.491 e. The van der Waals surface area contributed by atoms with Crippen LogP contribution in [0.15, 0.2) is 24.5 Å². The molecule has 2 aliphatic rings. The predicted molar refractivity (Wildman–Crippen MR) is 123 cm³/mol. The van der Waals surface area contributed by atoms with Gasteiger partial charge < -0.3 is 33.9 Å². The molecule has 0 aromatic carbocycles. The molecule has 0 bridgehead atoms. The molecule has 0 unspecified atom stereocenters. The summed E-state index contributed by atoms with van der Waals surface area (Å²) in [6.07, 6.45) is -8.77. The smallest absolute Gasteiger partial charge is 0.390 e. The highest BCUT2D eigenvalue weighted by Gasteiger charge is 2.49. The Morgan fingerprint density at radius 2 is 1.07 bits per heavy atom. The number of aliphatic hydroxyl groups excluding tert-OH is 2. The quantitative estimate of drug-likeness (QED) is 0.286. The van der Waals surface area contributed by atoms with Crippen molar-refractivity contribution in [2.45, 2.75) is 38.1 Å². The lowest BCUT2D eigenvalue weighted by Gasteiger charge is -2.09. The molecule has 0 spiro atoms. The van der Waals surface area contributed by atoms with Crippen LogP contribution in [0.3, 0.4) is 0 Å². The van der Waals surface area contributed by atoms with Crippen LogP contribution in [-0.4, -0.2) is 70.9 Å². The van der Waals surface area contributed by atoms with Gasteiger partial charge in [-0.25, -0.2) is 9.59 Å². The molecule has 2 aromatic rings. The Kier molecular flexibility index (Phi) is 13.1. The fourth-order valence-electron chi connectivity index (χ4n) is 2.75. The van der Waals surface area contributed by atoms with Crippen molar-refractivity contribution < 1.29 is 69.8 Å². The number of hydrogen-bond donors (Lipinski definition) is 2. The van der Waals surface area contributed by atoms with Gasteiger partial charge in [0.1, 0.15) is 0 Å². The van der Waals surface area contributed by atoms with Gasteiger partial charge in [-0.15, -0.1) is 0 Å². The van der Waals surface area contributed by atoms with Crippen molar-refractivity contribution in [2.75, 3.05) is 26.4 Å². The molecule has 19 heteroatoms. The molecule has 2 fully saturated rings. The summed E-state index contributed by atoms with van der Waals surface area (Å²) in [4.78, 5) is 27.3. The highest BCUT2D eigenvalue weighted by molar-refractivity contribution is 6.31. The van der Waals surface area contributed by atoms with Gasteiger partial charge in [0.05, 0.1) is 61.1 Å². The topological polar surface area (TPSA) is 147 Å². The van der Waals surface area contributed by atoms with Crippen LogP contribution in [-0.2, 0) is 46.5 Å². The molecule has 2 saturated heterocycles. The number of alkyl halides is 6. The standard InChI is InChI=1S/2C9H10ClNO3.C4F6O3/c2*10-7-3-6(4-11-8(7)5-12)9-13-1-2-14-9;5-3(6,7)1(11)13-2(12)4(8,9)10/h2*3-4,9,12H,1-2,5H2;. The molecule has 4 heterocycles. The normalized spacial score (nSPS) is 16.0. The molecular formula is C22H20Cl2F6N2O9. The van der Waals surface area contributed by atoms with Gasteiger partial charge in [-0.05, 0) is 12.1 Å². The second-order valence-electron chi connectivity index (χ2n) is 7.53. The van der Waals surface area contributed by atoms with Crippen molar-refractivity contribution in [1.82, 2.24) is 9.97 Å². The number of esters is 2. The van der Waals surface area contributed by atoms with Gasteiger partial charge in [0.25, 0.3) is 0 Å². The van der Waals surface area contributed by atoms with Crippen molar-refractivity contribution in [3.05, 3.63) is 57.1 Å². The van der Waals surface area contributed by atoms with Crippen LogP contribution in [0.2, 0.25) is 10.0 Å². The van der Waals surface area contributed by atoms with Crippen molar-refractivity contribution in [2.24, 2.45) is 0 Å². The Morgan fingerprint density at radius 1 is 0.756 bits per heavy atom. The van der Waals surface area contributed by atoms with Crippen molar-refractivity contribution in [3.8, 4) is 0 Å². The molecule has 11 nitrogen and oxygen atoms in total. The zero-order valence-electron chi connectivity index (χ0n) is 20.4. The summed E-state index contributed by atoms with van der Waals surface area (Å²) in [6.45, 7) is 2.03. The van der Waals surface area contributed by atoms with E-state index in [1.165, 1.54) is 0 Å². The van der Waals surface area contributed by atoms with Gasteiger partial charge in [0.2, 0.25) is 0 Å². The summed E-state index contributed by atoms with van der Waals surface area (Å²) in [5.41, 5.74) is 2.50. The van der Waals surface area contributed by atoms with E-state index in [9.17, 15) is 35.9 Å². The molecule has 2 aliphatic heterocycles. The first-order valence-electron chi connectivity index (χ1n) is 11.0. The third-order valence-corrected chi connectivity index (χ3v) is 5.27. The second-order valence-corrected chi connectivity index (χ2v) is 8.34. The Labute approximate surface area is 236 Å². The number of hydrogen-bond acceptors (Lipinski definition) is 11. The molecule has 2 aromatic heterocycles. The van der Waals surface area contributed by atoms with Crippen LogP contribution in [0.1, 0.15) is 35.1 Å². The van der Waals surface area contributed by atoms with E-state index in [4.69, 9.17) is 52.4 Å². The van der Waals surface area contributed by atoms with Gasteiger partial charge in [-0.3, -0.25) is 9.97 Å². The Morgan fingerprint density at radius 3 is 1.32 bits per heavy atom. The highest BCUT2D eigenvalue weighted by atomic mass is 35.5. The summed E-state index contributed by atoms with van der Waals surface area (Å²) >= 11 is 11.7. The minimum absolute atomic E-state index is 0.161. The number of ether oxygens (including phenoxy) is 5. The number of halogens is 8. The third-order valence-electron chi connectivity index (χ3n) is 4.61. The van der Waals surface area contributed by atoms with Gasteiger partial charge in [-0.1, -0.05) is 23.2 Å². The van der Waals surface area contributed by atoms with Crippen molar-refractivity contribution >= 4 is 35.1 Å². The average Bonchev–Trinajstić information content (AvgIpc) is 3.63. The summed E-state index contributed by atoms with van der Waals surface area (Å²) in [7, 11) is 0. The van der Waals surface area contributed by atoms with Gasteiger partial charge in [0, 0.05) is 23.5 Å². The number of carbonyl (C=O) groups excluding carboxylic acids is 2. The number of pyridine rings is 2. The molecule has 4 rings (SSSR count). The molecule has 0 saturated carbocycles. The maximum absolute atomic E-state index is 11.2. The Balaban J connectivity index is 0.000000216. The summed E-state index contributed by atoms with van der Waals surface area (Å²) in [5, 5.41) is 18.6. The SMILES string of the molecule is O=C(OC(=O)C(F)(F)F)C(F)(F)F.OCc1ncc(C2OCCO2)cc1Cl.OCc1ncc(C2OCCO2)cc1Cl. The highest BCUT2D eigenvalue weighted by Crippen LogP contribution is 2.27. The lowest BCUT2D eigenvalue weighted by Crippen LogP contribution is -2.34.